The van der Waals surface area contributed by atoms with Gasteiger partial charge >= 0.3 is 0 Å². The molecule has 1 heterocycles. The van der Waals surface area contributed by atoms with Crippen molar-refractivity contribution in [2.75, 3.05) is 13.1 Å². The van der Waals surface area contributed by atoms with E-state index in [1.807, 2.05) is 18.2 Å². The fourth-order valence-corrected chi connectivity index (χ4v) is 4.17. The number of nitrogens with zero attached hydrogens (tertiary/aromatic N) is 1. The molecule has 5 heteroatoms. The lowest BCUT2D eigenvalue weighted by Gasteiger charge is -2.32. The molecule has 1 amide bonds. The van der Waals surface area contributed by atoms with Crippen LogP contribution in [0.5, 0.6) is 0 Å². The highest BCUT2D eigenvalue weighted by molar-refractivity contribution is 6.35. The van der Waals surface area contributed by atoms with Crippen LogP contribution < -0.4 is 5.32 Å². The van der Waals surface area contributed by atoms with Gasteiger partial charge in [-0.3, -0.25) is 9.69 Å². The largest absolute Gasteiger partial charge is 0.353 e. The number of hydrogen-bond acceptors (Lipinski definition) is 2. The first-order valence-electron chi connectivity index (χ1n) is 10.0. The zero-order valence-electron chi connectivity index (χ0n) is 16.3. The van der Waals surface area contributed by atoms with Crippen LogP contribution in [-0.4, -0.2) is 29.9 Å². The minimum absolute atomic E-state index is 0.108. The molecule has 3 nitrogen and oxygen atoms in total. The Balaban J connectivity index is 1.40. The van der Waals surface area contributed by atoms with Crippen molar-refractivity contribution >= 4 is 29.1 Å². The fraction of sp³-hybridized carbons (Fsp3) is 0.435. The maximum Gasteiger partial charge on any atom is 0.223 e. The van der Waals surface area contributed by atoms with Crippen LogP contribution in [0.2, 0.25) is 10.0 Å². The number of carbonyl (C=O) groups is 1. The molecule has 1 saturated heterocycles. The van der Waals surface area contributed by atoms with Gasteiger partial charge in [-0.2, -0.15) is 0 Å². The third-order valence-electron chi connectivity index (χ3n) is 5.46. The quantitative estimate of drug-likeness (QED) is 0.657. The van der Waals surface area contributed by atoms with Crippen LogP contribution in [0.1, 0.15) is 37.3 Å². The lowest BCUT2D eigenvalue weighted by atomic mass is 9.95. The number of benzene rings is 2. The summed E-state index contributed by atoms with van der Waals surface area (Å²) in [5.74, 6) is 0.306. The zero-order chi connectivity index (χ0) is 19.9. The molecule has 0 spiro atoms. The summed E-state index contributed by atoms with van der Waals surface area (Å²) in [6, 6.07) is 16.3. The Bertz CT molecular complexity index is 773. The minimum atomic E-state index is 0.108. The predicted octanol–water partition coefficient (Wildman–Crippen LogP) is 5.34. The highest BCUT2D eigenvalue weighted by Gasteiger charge is 2.26. The van der Waals surface area contributed by atoms with Gasteiger partial charge in [-0.05, 0) is 69.0 Å². The van der Waals surface area contributed by atoms with E-state index in [0.29, 0.717) is 10.0 Å². The Labute approximate surface area is 178 Å². The Morgan fingerprint density at radius 1 is 1.14 bits per heavy atom. The molecule has 0 bridgehead atoms. The maximum absolute atomic E-state index is 12.6. The number of amides is 1. The van der Waals surface area contributed by atoms with E-state index in [1.165, 1.54) is 5.56 Å². The molecule has 3 rings (SSSR count). The molecule has 1 aliphatic heterocycles. The van der Waals surface area contributed by atoms with Gasteiger partial charge in [-0.25, -0.2) is 0 Å². The smallest absolute Gasteiger partial charge is 0.223 e. The second-order valence-electron chi connectivity index (χ2n) is 7.72. The molecule has 0 unspecified atom stereocenters. The normalized spacial score (nSPS) is 16.7. The summed E-state index contributed by atoms with van der Waals surface area (Å²) in [6.45, 7) is 4.72. The van der Waals surface area contributed by atoms with Crippen LogP contribution in [0.3, 0.4) is 0 Å². The van der Waals surface area contributed by atoms with E-state index < -0.39 is 0 Å². The molecular weight excluding hydrogens is 391 g/mol. The Hall–Kier alpha value is -1.55. The van der Waals surface area contributed by atoms with Crippen LogP contribution in [0.15, 0.2) is 48.5 Å². The molecule has 28 heavy (non-hydrogen) atoms. The van der Waals surface area contributed by atoms with E-state index in [-0.39, 0.29) is 17.9 Å². The van der Waals surface area contributed by atoms with Crippen molar-refractivity contribution in [2.45, 2.75) is 45.2 Å². The van der Waals surface area contributed by atoms with Gasteiger partial charge in [0.05, 0.1) is 0 Å². The van der Waals surface area contributed by atoms with Gasteiger partial charge in [-0.1, -0.05) is 59.6 Å². The standard InChI is InChI=1S/C23H28Cl2N2O/c1-17(7-8-18-5-3-2-4-6-18)26-23(28)19-11-13-27(14-12-19)16-20-9-10-21(24)15-22(20)25/h2-6,9-10,15,17,19H,7-8,11-14,16H2,1H3,(H,26,28)/t17-/m0/s1. The third kappa shape index (κ3) is 6.23. The number of halogens is 2. The lowest BCUT2D eigenvalue weighted by molar-refractivity contribution is -0.127. The zero-order valence-corrected chi connectivity index (χ0v) is 17.8. The van der Waals surface area contributed by atoms with Gasteiger partial charge in [0, 0.05) is 28.5 Å². The van der Waals surface area contributed by atoms with E-state index in [2.05, 4.69) is 41.4 Å². The number of piperidine rings is 1. The molecule has 1 fully saturated rings. The van der Waals surface area contributed by atoms with Crippen LogP contribution in [0, 0.1) is 5.92 Å². The molecule has 0 aliphatic carbocycles. The van der Waals surface area contributed by atoms with E-state index >= 15 is 0 Å². The maximum atomic E-state index is 12.6. The van der Waals surface area contributed by atoms with Gasteiger partial charge in [0.25, 0.3) is 0 Å². The molecule has 0 aromatic heterocycles. The molecule has 1 atom stereocenters. The fourth-order valence-electron chi connectivity index (χ4n) is 3.70. The van der Waals surface area contributed by atoms with Crippen molar-refractivity contribution in [2.24, 2.45) is 5.92 Å². The van der Waals surface area contributed by atoms with Gasteiger partial charge in [-0.15, -0.1) is 0 Å². The van der Waals surface area contributed by atoms with Gasteiger partial charge < -0.3 is 5.32 Å². The van der Waals surface area contributed by atoms with E-state index in [4.69, 9.17) is 23.2 Å². The molecule has 1 aliphatic rings. The summed E-state index contributed by atoms with van der Waals surface area (Å²) in [5, 5.41) is 4.57. The third-order valence-corrected chi connectivity index (χ3v) is 6.05. The topological polar surface area (TPSA) is 32.3 Å². The Morgan fingerprint density at radius 3 is 2.54 bits per heavy atom. The van der Waals surface area contributed by atoms with Crippen LogP contribution >= 0.6 is 23.2 Å². The second-order valence-corrected chi connectivity index (χ2v) is 8.56. The summed E-state index contributed by atoms with van der Waals surface area (Å²) in [5.41, 5.74) is 2.40. The van der Waals surface area contributed by atoms with Crippen molar-refractivity contribution in [3.63, 3.8) is 0 Å². The van der Waals surface area contributed by atoms with Gasteiger partial charge in [0.1, 0.15) is 0 Å². The predicted molar refractivity (Wildman–Crippen MR) is 117 cm³/mol. The number of nitrogens with one attached hydrogen (secondary N) is 1. The number of carbonyl (C=O) groups excluding carboxylic acids is 1. The summed E-state index contributed by atoms with van der Waals surface area (Å²) in [7, 11) is 0. The number of hydrogen-bond donors (Lipinski definition) is 1. The molecule has 0 radical (unpaired) electrons. The van der Waals surface area contributed by atoms with Crippen molar-refractivity contribution < 1.29 is 4.79 Å². The van der Waals surface area contributed by atoms with E-state index in [1.54, 1.807) is 6.07 Å². The van der Waals surface area contributed by atoms with Crippen LogP contribution in [0.25, 0.3) is 0 Å². The molecule has 150 valence electrons. The molecule has 2 aromatic rings. The monoisotopic (exact) mass is 418 g/mol. The number of rotatable bonds is 7. The number of likely N-dealkylation sites (tertiary alicyclic amines) is 1. The highest BCUT2D eigenvalue weighted by atomic mass is 35.5. The molecule has 2 aromatic carbocycles. The molecule has 0 saturated carbocycles. The first-order valence-corrected chi connectivity index (χ1v) is 10.8. The average Bonchev–Trinajstić information content (AvgIpc) is 2.70. The highest BCUT2D eigenvalue weighted by Crippen LogP contribution is 2.25. The minimum Gasteiger partial charge on any atom is -0.353 e. The second kappa shape index (κ2) is 10.3. The van der Waals surface area contributed by atoms with Gasteiger partial charge in [0.2, 0.25) is 5.91 Å². The van der Waals surface area contributed by atoms with Crippen molar-refractivity contribution in [1.82, 2.24) is 10.2 Å². The van der Waals surface area contributed by atoms with Crippen molar-refractivity contribution in [1.29, 1.82) is 0 Å². The SMILES string of the molecule is C[C@@H](CCc1ccccc1)NC(=O)C1CCN(Cc2ccc(Cl)cc2Cl)CC1. The van der Waals surface area contributed by atoms with Crippen molar-refractivity contribution in [3.8, 4) is 0 Å². The summed E-state index contributed by atoms with van der Waals surface area (Å²) < 4.78 is 0. The van der Waals surface area contributed by atoms with Crippen LogP contribution in [0.4, 0.5) is 0 Å². The first kappa shape index (κ1) is 21.2. The van der Waals surface area contributed by atoms with Gasteiger partial charge in [0.15, 0.2) is 0 Å². The van der Waals surface area contributed by atoms with E-state index in [0.717, 1.165) is 50.9 Å². The van der Waals surface area contributed by atoms with Crippen LogP contribution in [-0.2, 0) is 17.8 Å². The molecule has 1 N–H and O–H groups in total. The first-order chi connectivity index (χ1) is 13.5. The number of aryl methyl sites for hydroxylation is 1. The Morgan fingerprint density at radius 2 is 1.86 bits per heavy atom. The van der Waals surface area contributed by atoms with Crippen molar-refractivity contribution in [3.05, 3.63) is 69.7 Å². The Kier molecular flexibility index (Phi) is 7.78. The summed E-state index contributed by atoms with van der Waals surface area (Å²) in [4.78, 5) is 15.0. The lowest BCUT2D eigenvalue weighted by Crippen LogP contribution is -2.43. The average molecular weight is 419 g/mol. The summed E-state index contributed by atoms with van der Waals surface area (Å²) in [6.07, 6.45) is 3.73. The van der Waals surface area contributed by atoms with E-state index in [9.17, 15) is 4.79 Å². The summed E-state index contributed by atoms with van der Waals surface area (Å²) >= 11 is 12.3. The molecular formula is C23H28Cl2N2O.